The summed E-state index contributed by atoms with van der Waals surface area (Å²) < 4.78 is 43.1. The van der Waals surface area contributed by atoms with E-state index in [0.717, 1.165) is 52.4 Å². The number of fused-ring (bicyclic) bond motifs is 3. The molecule has 4 heterocycles. The molecular weight excluding hydrogens is 589 g/mol. The molecule has 0 radical (unpaired) electrons. The molecule has 0 bridgehead atoms. The number of halogens is 3. The molecule has 228 valence electrons. The number of anilines is 2. The van der Waals surface area contributed by atoms with Crippen LogP contribution in [0.4, 0.5) is 24.5 Å². The average molecular weight is 621 g/mol. The highest BCUT2D eigenvalue weighted by atomic mass is 32.1. The number of rotatable bonds is 7. The van der Waals surface area contributed by atoms with Gasteiger partial charge >= 0.3 is 6.18 Å². The number of pyridine rings is 1. The number of piperazine rings is 1. The Hall–Kier alpha value is -4.26. The van der Waals surface area contributed by atoms with Crippen LogP contribution in [-0.4, -0.2) is 64.3 Å². The van der Waals surface area contributed by atoms with Crippen LogP contribution >= 0.6 is 11.3 Å². The van der Waals surface area contributed by atoms with Crippen molar-refractivity contribution in [3.8, 4) is 0 Å². The first kappa shape index (κ1) is 29.8. The number of carbonyl (C=O) groups excluding carboxylic acids is 2. The van der Waals surface area contributed by atoms with Crippen LogP contribution in [0, 0.1) is 6.92 Å². The molecule has 12 heteroatoms. The molecule has 2 aromatic carbocycles. The Morgan fingerprint density at radius 1 is 0.977 bits per heavy atom. The Morgan fingerprint density at radius 2 is 1.75 bits per heavy atom. The largest absolute Gasteiger partial charge is 0.416 e. The monoisotopic (exact) mass is 620 g/mol. The van der Waals surface area contributed by atoms with Crippen LogP contribution in [-0.2, 0) is 12.7 Å². The van der Waals surface area contributed by atoms with Gasteiger partial charge < -0.3 is 20.5 Å². The molecule has 6 rings (SSSR count). The summed E-state index contributed by atoms with van der Waals surface area (Å²) in [6.07, 6.45) is -1.07. The van der Waals surface area contributed by atoms with Gasteiger partial charge in [-0.15, -0.1) is 11.3 Å². The zero-order chi connectivity index (χ0) is 31.0. The fourth-order valence-electron chi connectivity index (χ4n) is 5.45. The van der Waals surface area contributed by atoms with Gasteiger partial charge in [0.15, 0.2) is 0 Å². The van der Waals surface area contributed by atoms with Crippen LogP contribution in [0.1, 0.15) is 43.6 Å². The van der Waals surface area contributed by atoms with Gasteiger partial charge in [-0.05, 0) is 61.0 Å². The predicted molar refractivity (Wildman–Crippen MR) is 167 cm³/mol. The summed E-state index contributed by atoms with van der Waals surface area (Å²) in [6.45, 7) is 8.03. The van der Waals surface area contributed by atoms with E-state index in [9.17, 15) is 22.8 Å². The summed E-state index contributed by atoms with van der Waals surface area (Å²) in [5.41, 5.74) is 1.56. The average Bonchev–Trinajstić information content (AvgIpc) is 3.66. The molecule has 1 fully saturated rings. The second-order valence-electron chi connectivity index (χ2n) is 10.9. The van der Waals surface area contributed by atoms with Gasteiger partial charge in [0.1, 0.15) is 5.65 Å². The van der Waals surface area contributed by atoms with Crippen molar-refractivity contribution in [1.82, 2.24) is 19.8 Å². The normalized spacial score (nSPS) is 14.8. The number of likely N-dealkylation sites (N-methyl/N-ethyl adjacent to an activating group) is 1. The summed E-state index contributed by atoms with van der Waals surface area (Å²) in [6, 6.07) is 12.4. The van der Waals surface area contributed by atoms with E-state index in [2.05, 4.69) is 32.4 Å². The van der Waals surface area contributed by atoms with Gasteiger partial charge in [-0.2, -0.15) is 13.2 Å². The number of alkyl halides is 3. The summed E-state index contributed by atoms with van der Waals surface area (Å²) in [5, 5.41) is 7.25. The van der Waals surface area contributed by atoms with Gasteiger partial charge in [0.05, 0.1) is 10.4 Å². The lowest BCUT2D eigenvalue weighted by Crippen LogP contribution is -2.45. The van der Waals surface area contributed by atoms with E-state index in [1.807, 2.05) is 11.0 Å². The number of thiophene rings is 1. The zero-order valence-corrected chi connectivity index (χ0v) is 25.0. The Bertz CT molecular complexity index is 1860. The van der Waals surface area contributed by atoms with E-state index in [1.165, 1.54) is 29.5 Å². The molecule has 2 amide bonds. The molecule has 3 aromatic heterocycles. The minimum atomic E-state index is -4.57. The van der Waals surface area contributed by atoms with Crippen molar-refractivity contribution in [1.29, 1.82) is 0 Å². The third-order valence-electron chi connectivity index (χ3n) is 8.01. The molecular formula is C32H31F3N6O2S. The van der Waals surface area contributed by atoms with E-state index >= 15 is 0 Å². The van der Waals surface area contributed by atoms with E-state index < -0.39 is 17.6 Å². The van der Waals surface area contributed by atoms with Crippen molar-refractivity contribution in [2.45, 2.75) is 26.6 Å². The Morgan fingerprint density at radius 3 is 2.50 bits per heavy atom. The van der Waals surface area contributed by atoms with Crippen molar-refractivity contribution < 1.29 is 22.8 Å². The van der Waals surface area contributed by atoms with Crippen molar-refractivity contribution >= 4 is 55.6 Å². The first-order valence-corrected chi connectivity index (χ1v) is 15.1. The molecule has 1 aliphatic heterocycles. The fourth-order valence-corrected chi connectivity index (χ4v) is 6.51. The smallest absolute Gasteiger partial charge is 0.346 e. The van der Waals surface area contributed by atoms with Gasteiger partial charge in [-0.25, -0.2) is 4.98 Å². The third kappa shape index (κ3) is 6.19. The first-order chi connectivity index (χ1) is 21.1. The maximum Gasteiger partial charge on any atom is 0.416 e. The number of nitrogens with one attached hydrogen (secondary N) is 3. The number of nitrogens with zero attached hydrogens (tertiary/aromatic N) is 3. The van der Waals surface area contributed by atoms with Crippen LogP contribution < -0.4 is 10.6 Å². The number of amides is 2. The highest BCUT2D eigenvalue weighted by molar-refractivity contribution is 7.21. The number of benzene rings is 2. The van der Waals surface area contributed by atoms with E-state index in [1.54, 1.807) is 37.5 Å². The minimum Gasteiger partial charge on any atom is -0.346 e. The molecule has 0 aliphatic carbocycles. The van der Waals surface area contributed by atoms with Gasteiger partial charge in [0.2, 0.25) is 0 Å². The number of aromatic amines is 1. The first-order valence-electron chi connectivity index (χ1n) is 14.3. The van der Waals surface area contributed by atoms with E-state index in [-0.39, 0.29) is 29.3 Å². The van der Waals surface area contributed by atoms with E-state index in [0.29, 0.717) is 23.7 Å². The molecule has 44 heavy (non-hydrogen) atoms. The van der Waals surface area contributed by atoms with Gasteiger partial charge in [0, 0.05) is 77.5 Å². The molecule has 5 aromatic rings. The van der Waals surface area contributed by atoms with Crippen LogP contribution in [0.5, 0.6) is 0 Å². The van der Waals surface area contributed by atoms with Crippen LogP contribution in [0.2, 0.25) is 0 Å². The maximum absolute atomic E-state index is 14.1. The molecule has 1 aliphatic rings. The molecule has 0 spiro atoms. The van der Waals surface area contributed by atoms with Gasteiger partial charge in [-0.3, -0.25) is 14.5 Å². The summed E-state index contributed by atoms with van der Waals surface area (Å²) in [7, 11) is 0. The number of H-pyrrole nitrogens is 1. The maximum atomic E-state index is 14.1. The highest BCUT2D eigenvalue weighted by Crippen LogP contribution is 2.35. The minimum absolute atomic E-state index is 0.0444. The molecule has 0 atom stereocenters. The Kier molecular flexibility index (Phi) is 8.14. The number of hydrogen-bond donors (Lipinski definition) is 3. The standard InChI is InChI=1S/C32H31F3N6O2S/c1-3-40-10-12-41(13-11-40)18-21-6-7-23(16-25(21)32(33,34)35)38-30(42)20-5-4-19(2)26(14-20)39-31(43)27-15-22-17-37-29-24(8-9-36-29)28(22)44-27/h4-9,14-17H,3,10-13,18H2,1-2H3,(H,36,37)(H,38,42)(H,39,43). The van der Waals surface area contributed by atoms with Crippen LogP contribution in [0.25, 0.3) is 21.1 Å². The van der Waals surface area contributed by atoms with Crippen molar-refractivity contribution in [3.63, 3.8) is 0 Å². The SMILES string of the molecule is CCN1CCN(Cc2ccc(NC(=O)c3ccc(C)c(NC(=O)c4cc5cnc6[nH]ccc6c5s4)c3)cc2C(F)(F)F)CC1. The zero-order valence-electron chi connectivity index (χ0n) is 24.2. The fraction of sp³-hybridized carbons (Fsp3) is 0.281. The topological polar surface area (TPSA) is 93.4 Å². The number of aromatic nitrogens is 2. The van der Waals surface area contributed by atoms with E-state index in [4.69, 9.17) is 0 Å². The molecule has 1 saturated heterocycles. The lowest BCUT2D eigenvalue weighted by atomic mass is 10.0. The van der Waals surface area contributed by atoms with Crippen LogP contribution in [0.3, 0.4) is 0 Å². The van der Waals surface area contributed by atoms with Crippen molar-refractivity contribution in [3.05, 3.63) is 88.1 Å². The van der Waals surface area contributed by atoms with Crippen molar-refractivity contribution in [2.24, 2.45) is 0 Å². The highest BCUT2D eigenvalue weighted by Gasteiger charge is 2.34. The lowest BCUT2D eigenvalue weighted by Gasteiger charge is -2.34. The second-order valence-corrected chi connectivity index (χ2v) is 12.0. The second kappa shape index (κ2) is 12.0. The molecule has 0 unspecified atom stereocenters. The molecule has 8 nitrogen and oxygen atoms in total. The summed E-state index contributed by atoms with van der Waals surface area (Å²) >= 11 is 1.34. The quantitative estimate of drug-likeness (QED) is 0.187. The predicted octanol–water partition coefficient (Wildman–Crippen LogP) is 6.75. The molecule has 3 N–H and O–H groups in total. The van der Waals surface area contributed by atoms with Crippen molar-refractivity contribution in [2.75, 3.05) is 43.4 Å². The lowest BCUT2D eigenvalue weighted by molar-refractivity contribution is -0.138. The number of aryl methyl sites for hydroxylation is 1. The number of carbonyl (C=O) groups is 2. The molecule has 0 saturated carbocycles. The Balaban J connectivity index is 1.17. The number of hydrogen-bond acceptors (Lipinski definition) is 6. The third-order valence-corrected chi connectivity index (χ3v) is 9.20. The van der Waals surface area contributed by atoms with Gasteiger partial charge in [0.25, 0.3) is 11.8 Å². The van der Waals surface area contributed by atoms with Gasteiger partial charge in [-0.1, -0.05) is 19.1 Å². The summed E-state index contributed by atoms with van der Waals surface area (Å²) in [5.74, 6) is -0.920. The van der Waals surface area contributed by atoms with Crippen LogP contribution in [0.15, 0.2) is 60.9 Å². The Labute approximate surface area is 255 Å². The summed E-state index contributed by atoms with van der Waals surface area (Å²) in [4.78, 5) is 38.5.